The Balaban J connectivity index is 2.73. The van der Waals surface area contributed by atoms with Crippen molar-refractivity contribution in [2.24, 2.45) is 5.73 Å². The molecule has 0 aliphatic carbocycles. The smallest absolute Gasteiger partial charge is 0.248 e. The molecule has 0 bridgehead atoms. The predicted molar refractivity (Wildman–Crippen MR) is 58.4 cm³/mol. The van der Waals surface area contributed by atoms with E-state index in [2.05, 4.69) is 11.9 Å². The maximum absolute atomic E-state index is 10.8. The van der Waals surface area contributed by atoms with Crippen LogP contribution in [0.3, 0.4) is 0 Å². The van der Waals surface area contributed by atoms with Gasteiger partial charge in [-0.25, -0.2) is 0 Å². The van der Waals surface area contributed by atoms with Gasteiger partial charge in [0.1, 0.15) is 0 Å². The number of benzene rings is 1. The van der Waals surface area contributed by atoms with E-state index in [-0.39, 0.29) is 0 Å². The van der Waals surface area contributed by atoms with Crippen molar-refractivity contribution < 1.29 is 4.79 Å². The molecule has 0 saturated carbocycles. The minimum absolute atomic E-state index is 0.446. The molecule has 0 aliphatic rings. The first kappa shape index (κ1) is 10.6. The van der Waals surface area contributed by atoms with Crippen molar-refractivity contribution in [1.82, 2.24) is 0 Å². The van der Waals surface area contributed by atoms with Gasteiger partial charge in [-0.15, -0.1) is 0 Å². The average Bonchev–Trinajstić information content (AvgIpc) is 2.15. The van der Waals surface area contributed by atoms with Crippen molar-refractivity contribution >= 4 is 23.2 Å². The van der Waals surface area contributed by atoms with Crippen LogP contribution < -0.4 is 11.1 Å². The van der Waals surface area contributed by atoms with Crippen molar-refractivity contribution in [2.45, 2.75) is 0 Å². The molecular formula is C10H11ClN2O. The fourth-order valence-electron chi connectivity index (χ4n) is 0.980. The van der Waals surface area contributed by atoms with Crippen LogP contribution in [0.2, 0.25) is 0 Å². The zero-order valence-corrected chi connectivity index (χ0v) is 8.34. The molecule has 3 N–H and O–H groups in total. The molecule has 0 radical (unpaired) electrons. The number of rotatable bonds is 4. The summed E-state index contributed by atoms with van der Waals surface area (Å²) >= 11 is 5.58. The monoisotopic (exact) mass is 210 g/mol. The van der Waals surface area contributed by atoms with Crippen LogP contribution in [-0.2, 0) is 0 Å². The molecule has 0 heterocycles. The second kappa shape index (κ2) is 4.67. The lowest BCUT2D eigenvalue weighted by Crippen LogP contribution is -2.11. The molecule has 0 saturated heterocycles. The highest BCUT2D eigenvalue weighted by Gasteiger charge is 2.00. The van der Waals surface area contributed by atoms with Gasteiger partial charge in [0.05, 0.1) is 6.54 Å². The number of hydrogen-bond acceptors (Lipinski definition) is 2. The van der Waals surface area contributed by atoms with Gasteiger partial charge in [0.15, 0.2) is 0 Å². The Morgan fingerprint density at radius 1 is 1.57 bits per heavy atom. The number of primary amides is 1. The SMILES string of the molecule is C=C(Cl)CNc1cccc(C(N)=O)c1. The second-order valence-electron chi connectivity index (χ2n) is 2.82. The van der Waals surface area contributed by atoms with Crippen LogP contribution in [0.1, 0.15) is 10.4 Å². The van der Waals surface area contributed by atoms with E-state index in [4.69, 9.17) is 17.3 Å². The lowest BCUT2D eigenvalue weighted by atomic mass is 10.2. The Kier molecular flexibility index (Phi) is 3.54. The zero-order valence-electron chi connectivity index (χ0n) is 7.59. The van der Waals surface area contributed by atoms with E-state index in [1.54, 1.807) is 18.2 Å². The number of nitrogens with two attached hydrogens (primary N) is 1. The van der Waals surface area contributed by atoms with Crippen LogP contribution in [-0.4, -0.2) is 12.5 Å². The minimum Gasteiger partial charge on any atom is -0.380 e. The standard InChI is InChI=1S/C10H11ClN2O/c1-7(11)6-13-9-4-2-3-8(5-9)10(12)14/h2-5,13H,1,6H2,(H2,12,14). The third-order valence-electron chi connectivity index (χ3n) is 1.63. The summed E-state index contributed by atoms with van der Waals surface area (Å²) in [4.78, 5) is 10.8. The zero-order chi connectivity index (χ0) is 10.6. The van der Waals surface area contributed by atoms with Gasteiger partial charge >= 0.3 is 0 Å². The lowest BCUT2D eigenvalue weighted by molar-refractivity contribution is 0.100. The highest BCUT2D eigenvalue weighted by molar-refractivity contribution is 6.29. The Bertz CT molecular complexity index is 363. The summed E-state index contributed by atoms with van der Waals surface area (Å²) in [6, 6.07) is 6.90. The number of nitrogens with one attached hydrogen (secondary N) is 1. The summed E-state index contributed by atoms with van der Waals surface area (Å²) in [6.45, 7) is 4.00. The molecule has 1 aromatic rings. The molecule has 1 amide bonds. The van der Waals surface area contributed by atoms with Gasteiger partial charge in [-0.1, -0.05) is 24.2 Å². The van der Waals surface area contributed by atoms with Crippen LogP contribution in [0.4, 0.5) is 5.69 Å². The van der Waals surface area contributed by atoms with Crippen LogP contribution in [0, 0.1) is 0 Å². The van der Waals surface area contributed by atoms with E-state index >= 15 is 0 Å². The first-order chi connectivity index (χ1) is 6.59. The van der Waals surface area contributed by atoms with E-state index in [1.165, 1.54) is 0 Å². The Hall–Kier alpha value is -1.48. The topological polar surface area (TPSA) is 55.1 Å². The number of carbonyl (C=O) groups is 1. The van der Waals surface area contributed by atoms with Crippen molar-refractivity contribution in [3.8, 4) is 0 Å². The molecule has 3 nitrogen and oxygen atoms in total. The van der Waals surface area contributed by atoms with E-state index < -0.39 is 5.91 Å². The van der Waals surface area contributed by atoms with E-state index in [0.717, 1.165) is 5.69 Å². The molecule has 1 rings (SSSR count). The molecule has 0 atom stereocenters. The second-order valence-corrected chi connectivity index (χ2v) is 3.35. The average molecular weight is 211 g/mol. The van der Waals surface area contributed by atoms with Crippen LogP contribution in [0.5, 0.6) is 0 Å². The van der Waals surface area contributed by atoms with Gasteiger partial charge in [0, 0.05) is 16.3 Å². The molecule has 0 fully saturated rings. The van der Waals surface area contributed by atoms with Gasteiger partial charge < -0.3 is 11.1 Å². The van der Waals surface area contributed by atoms with Gasteiger partial charge in [-0.05, 0) is 18.2 Å². The molecule has 1 aromatic carbocycles. The number of hydrogen-bond donors (Lipinski definition) is 2. The summed E-state index contributed by atoms with van der Waals surface area (Å²) in [5.74, 6) is -0.446. The third kappa shape index (κ3) is 3.11. The third-order valence-corrected chi connectivity index (χ3v) is 1.77. The fraction of sp³-hybridized carbons (Fsp3) is 0.100. The van der Waals surface area contributed by atoms with Gasteiger partial charge in [-0.3, -0.25) is 4.79 Å². The largest absolute Gasteiger partial charge is 0.380 e. The minimum atomic E-state index is -0.446. The predicted octanol–water partition coefficient (Wildman–Crippen LogP) is 1.95. The quantitative estimate of drug-likeness (QED) is 0.798. The maximum atomic E-state index is 10.8. The van der Waals surface area contributed by atoms with Crippen molar-refractivity contribution in [3.63, 3.8) is 0 Å². The van der Waals surface area contributed by atoms with Crippen molar-refractivity contribution in [3.05, 3.63) is 41.4 Å². The summed E-state index contributed by atoms with van der Waals surface area (Å²) in [5, 5.41) is 3.51. The summed E-state index contributed by atoms with van der Waals surface area (Å²) in [6.07, 6.45) is 0. The van der Waals surface area contributed by atoms with Crippen LogP contribution in [0.15, 0.2) is 35.9 Å². The van der Waals surface area contributed by atoms with Crippen LogP contribution in [0.25, 0.3) is 0 Å². The number of anilines is 1. The number of amides is 1. The van der Waals surface area contributed by atoms with E-state index in [0.29, 0.717) is 17.1 Å². The lowest BCUT2D eigenvalue weighted by Gasteiger charge is -2.05. The van der Waals surface area contributed by atoms with Gasteiger partial charge in [-0.2, -0.15) is 0 Å². The summed E-state index contributed by atoms with van der Waals surface area (Å²) in [7, 11) is 0. The molecule has 4 heteroatoms. The molecule has 0 aliphatic heterocycles. The molecule has 0 aromatic heterocycles. The molecule has 0 unspecified atom stereocenters. The highest BCUT2D eigenvalue weighted by atomic mass is 35.5. The van der Waals surface area contributed by atoms with Gasteiger partial charge in [0.2, 0.25) is 5.91 Å². The summed E-state index contributed by atoms with van der Waals surface area (Å²) in [5.41, 5.74) is 6.39. The Labute approximate surface area is 87.6 Å². The first-order valence-electron chi connectivity index (χ1n) is 4.06. The highest BCUT2D eigenvalue weighted by Crippen LogP contribution is 2.11. The van der Waals surface area contributed by atoms with Gasteiger partial charge in [0.25, 0.3) is 0 Å². The maximum Gasteiger partial charge on any atom is 0.248 e. The number of carbonyl (C=O) groups excluding carboxylic acids is 1. The fourth-order valence-corrected chi connectivity index (χ4v) is 1.05. The summed E-state index contributed by atoms with van der Waals surface area (Å²) < 4.78 is 0. The van der Waals surface area contributed by atoms with Crippen molar-refractivity contribution in [2.75, 3.05) is 11.9 Å². The van der Waals surface area contributed by atoms with E-state index in [1.807, 2.05) is 6.07 Å². The van der Waals surface area contributed by atoms with Crippen molar-refractivity contribution in [1.29, 1.82) is 0 Å². The Morgan fingerprint density at radius 2 is 2.29 bits per heavy atom. The van der Waals surface area contributed by atoms with E-state index in [9.17, 15) is 4.79 Å². The molecule has 0 spiro atoms. The van der Waals surface area contributed by atoms with Crippen LogP contribution >= 0.6 is 11.6 Å². The Morgan fingerprint density at radius 3 is 2.86 bits per heavy atom. The normalized spacial score (nSPS) is 9.50. The number of halogens is 1. The molecule has 14 heavy (non-hydrogen) atoms. The molecule has 74 valence electrons. The first-order valence-corrected chi connectivity index (χ1v) is 4.44. The molecular weight excluding hydrogens is 200 g/mol.